The number of pyridine rings is 1. The van der Waals surface area contributed by atoms with Crippen molar-refractivity contribution in [3.63, 3.8) is 0 Å². The maximum Gasteiger partial charge on any atom is 0.0308 e. The third-order valence-electron chi connectivity index (χ3n) is 2.83. The van der Waals surface area contributed by atoms with E-state index >= 15 is 0 Å². The van der Waals surface area contributed by atoms with Gasteiger partial charge in [-0.3, -0.25) is 4.98 Å². The van der Waals surface area contributed by atoms with Gasteiger partial charge in [-0.1, -0.05) is 41.5 Å². The molecule has 0 aliphatic carbocycles. The number of hydrogen-bond donors (Lipinski definition) is 0. The van der Waals surface area contributed by atoms with Gasteiger partial charge in [0.2, 0.25) is 0 Å². The van der Waals surface area contributed by atoms with Crippen molar-refractivity contribution in [3.8, 4) is 0 Å². The third-order valence-corrected chi connectivity index (χ3v) is 2.83. The molecule has 1 heteroatoms. The van der Waals surface area contributed by atoms with Crippen LogP contribution in [0.1, 0.15) is 58.2 Å². The van der Waals surface area contributed by atoms with Gasteiger partial charge in [0.05, 0.1) is 0 Å². The Balaban J connectivity index is 3.37. The number of nitrogens with zero attached hydrogens (tertiary/aromatic N) is 1. The molecular weight excluding hydrogens is 182 g/mol. The van der Waals surface area contributed by atoms with Crippen LogP contribution in [0, 0.1) is 6.92 Å². The molecule has 0 aliphatic rings. The molecule has 1 aromatic heterocycles. The van der Waals surface area contributed by atoms with Crippen molar-refractivity contribution >= 4 is 0 Å². The summed E-state index contributed by atoms with van der Waals surface area (Å²) >= 11 is 0. The van der Waals surface area contributed by atoms with Gasteiger partial charge >= 0.3 is 0 Å². The van der Waals surface area contributed by atoms with E-state index in [1.807, 2.05) is 12.4 Å². The Morgan fingerprint density at radius 1 is 0.800 bits per heavy atom. The predicted molar refractivity (Wildman–Crippen MR) is 66.4 cm³/mol. The average molecular weight is 205 g/mol. The van der Waals surface area contributed by atoms with E-state index in [1.165, 1.54) is 16.7 Å². The molecule has 84 valence electrons. The molecule has 1 aromatic rings. The normalized spacial score (nSPS) is 13.0. The lowest BCUT2D eigenvalue weighted by Crippen LogP contribution is -2.19. The Kier molecular flexibility index (Phi) is 2.95. The van der Waals surface area contributed by atoms with Crippen LogP contribution in [0.3, 0.4) is 0 Å². The highest BCUT2D eigenvalue weighted by atomic mass is 14.6. The minimum absolute atomic E-state index is 0.179. The van der Waals surface area contributed by atoms with E-state index in [2.05, 4.69) is 53.5 Å². The Labute approximate surface area is 93.9 Å². The second-order valence-corrected chi connectivity index (χ2v) is 6.36. The maximum absolute atomic E-state index is 4.38. The maximum atomic E-state index is 4.38. The molecule has 0 spiro atoms. The van der Waals surface area contributed by atoms with Crippen LogP contribution in [-0.4, -0.2) is 4.98 Å². The first-order valence-corrected chi connectivity index (χ1v) is 5.59. The van der Waals surface area contributed by atoms with Gasteiger partial charge in [0, 0.05) is 12.4 Å². The van der Waals surface area contributed by atoms with E-state index in [9.17, 15) is 0 Å². The van der Waals surface area contributed by atoms with Crippen molar-refractivity contribution in [2.24, 2.45) is 0 Å². The summed E-state index contributed by atoms with van der Waals surface area (Å²) in [5, 5.41) is 0. The molecule has 0 unspecified atom stereocenters. The predicted octanol–water partition coefficient (Wildman–Crippen LogP) is 3.99. The van der Waals surface area contributed by atoms with Crippen LogP contribution < -0.4 is 0 Å². The Bertz CT molecular complexity index is 318. The minimum atomic E-state index is 0.179. The van der Waals surface area contributed by atoms with E-state index < -0.39 is 0 Å². The van der Waals surface area contributed by atoms with Crippen molar-refractivity contribution in [2.45, 2.75) is 59.3 Å². The Hall–Kier alpha value is -0.850. The molecular formula is C14H23N. The molecule has 15 heavy (non-hydrogen) atoms. The second-order valence-electron chi connectivity index (χ2n) is 6.36. The summed E-state index contributed by atoms with van der Waals surface area (Å²) in [4.78, 5) is 4.38. The smallest absolute Gasteiger partial charge is 0.0308 e. The fourth-order valence-electron chi connectivity index (χ4n) is 2.04. The van der Waals surface area contributed by atoms with Gasteiger partial charge in [-0.2, -0.15) is 0 Å². The zero-order valence-corrected chi connectivity index (χ0v) is 11.1. The topological polar surface area (TPSA) is 12.9 Å². The summed E-state index contributed by atoms with van der Waals surface area (Å²) in [6.07, 6.45) is 4.01. The van der Waals surface area contributed by atoms with E-state index in [-0.39, 0.29) is 10.8 Å². The highest BCUT2D eigenvalue weighted by molar-refractivity contribution is 5.38. The van der Waals surface area contributed by atoms with Crippen LogP contribution in [0.2, 0.25) is 0 Å². The summed E-state index contributed by atoms with van der Waals surface area (Å²) in [6, 6.07) is 0. The van der Waals surface area contributed by atoms with E-state index in [4.69, 9.17) is 0 Å². The summed E-state index contributed by atoms with van der Waals surface area (Å²) in [5.41, 5.74) is 4.46. The monoisotopic (exact) mass is 205 g/mol. The lowest BCUT2D eigenvalue weighted by Gasteiger charge is -2.27. The van der Waals surface area contributed by atoms with Gasteiger partial charge < -0.3 is 0 Å². The van der Waals surface area contributed by atoms with Crippen molar-refractivity contribution in [3.05, 3.63) is 29.1 Å². The molecule has 1 heterocycles. The molecule has 0 aromatic carbocycles. The first-order chi connectivity index (χ1) is 6.64. The van der Waals surface area contributed by atoms with Gasteiger partial charge in [0.1, 0.15) is 0 Å². The largest absolute Gasteiger partial charge is 0.264 e. The molecule has 0 aliphatic heterocycles. The van der Waals surface area contributed by atoms with Crippen LogP contribution in [0.5, 0.6) is 0 Å². The zero-order chi connectivity index (χ0) is 11.9. The molecule has 0 saturated heterocycles. The molecule has 0 radical (unpaired) electrons. The highest BCUT2D eigenvalue weighted by Crippen LogP contribution is 2.31. The number of rotatable bonds is 0. The molecule has 0 saturated carbocycles. The fraction of sp³-hybridized carbons (Fsp3) is 0.643. The number of aromatic nitrogens is 1. The lowest BCUT2D eigenvalue weighted by molar-refractivity contribution is 0.556. The first kappa shape index (κ1) is 12.2. The number of hydrogen-bond acceptors (Lipinski definition) is 1. The van der Waals surface area contributed by atoms with Crippen molar-refractivity contribution in [1.29, 1.82) is 0 Å². The van der Waals surface area contributed by atoms with Gasteiger partial charge in [-0.25, -0.2) is 0 Å². The molecule has 0 bridgehead atoms. The minimum Gasteiger partial charge on any atom is -0.264 e. The van der Waals surface area contributed by atoms with Gasteiger partial charge in [-0.15, -0.1) is 0 Å². The van der Waals surface area contributed by atoms with Crippen molar-refractivity contribution in [1.82, 2.24) is 4.98 Å². The van der Waals surface area contributed by atoms with Crippen LogP contribution in [0.4, 0.5) is 0 Å². The summed E-state index contributed by atoms with van der Waals surface area (Å²) in [6.45, 7) is 15.6. The fourth-order valence-corrected chi connectivity index (χ4v) is 2.04. The SMILES string of the molecule is Cc1c(C(C)(C)C)cncc1C(C)(C)C. The quantitative estimate of drug-likeness (QED) is 0.624. The summed E-state index contributed by atoms with van der Waals surface area (Å²) in [7, 11) is 0. The Morgan fingerprint density at radius 3 is 1.40 bits per heavy atom. The van der Waals surface area contributed by atoms with Crippen LogP contribution >= 0.6 is 0 Å². The van der Waals surface area contributed by atoms with Crippen LogP contribution in [-0.2, 0) is 10.8 Å². The molecule has 1 rings (SSSR count). The van der Waals surface area contributed by atoms with Crippen molar-refractivity contribution in [2.75, 3.05) is 0 Å². The first-order valence-electron chi connectivity index (χ1n) is 5.59. The highest BCUT2D eigenvalue weighted by Gasteiger charge is 2.23. The van der Waals surface area contributed by atoms with Crippen molar-refractivity contribution < 1.29 is 0 Å². The Morgan fingerprint density at radius 2 is 1.13 bits per heavy atom. The molecule has 0 atom stereocenters. The van der Waals surface area contributed by atoms with E-state index in [0.29, 0.717) is 0 Å². The average Bonchev–Trinajstić information content (AvgIpc) is 1.99. The van der Waals surface area contributed by atoms with Gasteiger partial charge in [0.15, 0.2) is 0 Å². The summed E-state index contributed by atoms with van der Waals surface area (Å²) < 4.78 is 0. The van der Waals surface area contributed by atoms with Gasteiger partial charge in [0.25, 0.3) is 0 Å². The zero-order valence-electron chi connectivity index (χ0n) is 11.1. The third kappa shape index (κ3) is 2.58. The van der Waals surface area contributed by atoms with E-state index in [0.717, 1.165) is 0 Å². The van der Waals surface area contributed by atoms with Gasteiger partial charge in [-0.05, 0) is 34.4 Å². The molecule has 1 nitrogen and oxygen atoms in total. The molecule has 0 amide bonds. The lowest BCUT2D eigenvalue weighted by atomic mass is 9.78. The van der Waals surface area contributed by atoms with Crippen LogP contribution in [0.15, 0.2) is 12.4 Å². The molecule has 0 N–H and O–H groups in total. The second kappa shape index (κ2) is 3.62. The standard InChI is InChI=1S/C14H23N/c1-10-11(13(2,3)4)8-15-9-12(10)14(5,6)7/h8-9H,1-7H3. The van der Waals surface area contributed by atoms with E-state index in [1.54, 1.807) is 0 Å². The van der Waals surface area contributed by atoms with Crippen LogP contribution in [0.25, 0.3) is 0 Å². The molecule has 0 fully saturated rings. The summed E-state index contributed by atoms with van der Waals surface area (Å²) in [5.74, 6) is 0.